The fourth-order valence-electron chi connectivity index (χ4n) is 5.20. The van der Waals surface area contributed by atoms with E-state index in [2.05, 4.69) is 30.5 Å². The monoisotopic (exact) mass is 518 g/mol. The highest BCUT2D eigenvalue weighted by Crippen LogP contribution is 2.31. The van der Waals surface area contributed by atoms with Gasteiger partial charge in [0.1, 0.15) is 16.9 Å². The fraction of sp³-hybridized carbons (Fsp3) is 0.172. The third kappa shape index (κ3) is 4.29. The maximum atomic E-state index is 13.9. The molecule has 0 atom stereocenters. The molecule has 9 nitrogen and oxygen atoms in total. The van der Waals surface area contributed by atoms with Gasteiger partial charge in [-0.25, -0.2) is 14.4 Å². The smallest absolute Gasteiger partial charge is 0.227 e. The molecule has 0 spiro atoms. The molecule has 1 fully saturated rings. The molecule has 1 aromatic carbocycles. The number of rotatable bonds is 5. The van der Waals surface area contributed by atoms with E-state index in [9.17, 15) is 9.18 Å². The Morgan fingerprint density at radius 1 is 0.923 bits per heavy atom. The van der Waals surface area contributed by atoms with Crippen molar-refractivity contribution in [3.05, 3.63) is 72.9 Å². The Morgan fingerprint density at radius 2 is 1.79 bits per heavy atom. The third-order valence-corrected chi connectivity index (χ3v) is 7.16. The van der Waals surface area contributed by atoms with E-state index in [0.29, 0.717) is 45.2 Å². The molecule has 0 aliphatic heterocycles. The highest BCUT2D eigenvalue weighted by molar-refractivity contribution is 5.95. The maximum Gasteiger partial charge on any atom is 0.227 e. The number of benzene rings is 1. The second kappa shape index (κ2) is 9.39. The number of imidazole rings is 1. The number of H-pyrrole nitrogens is 2. The summed E-state index contributed by atoms with van der Waals surface area (Å²) in [6, 6.07) is 13.8. The van der Waals surface area contributed by atoms with Gasteiger partial charge in [0.25, 0.3) is 0 Å². The van der Waals surface area contributed by atoms with Gasteiger partial charge < -0.3 is 10.3 Å². The van der Waals surface area contributed by atoms with Crippen molar-refractivity contribution in [1.82, 2.24) is 35.1 Å². The molecular formula is C29H23FN8O. The lowest BCUT2D eigenvalue weighted by molar-refractivity contribution is -0.119. The normalized spacial score (nSPS) is 13.9. The third-order valence-electron chi connectivity index (χ3n) is 7.16. The molecule has 0 radical (unpaired) electrons. The number of pyridine rings is 3. The van der Waals surface area contributed by atoms with Crippen LogP contribution in [0.2, 0.25) is 0 Å². The molecule has 0 unspecified atom stereocenters. The first kappa shape index (κ1) is 23.2. The summed E-state index contributed by atoms with van der Waals surface area (Å²) in [7, 11) is 0. The molecule has 5 heterocycles. The number of aromatic nitrogens is 7. The van der Waals surface area contributed by atoms with Crippen LogP contribution in [0.15, 0.2) is 67.1 Å². The quantitative estimate of drug-likeness (QED) is 0.261. The highest BCUT2D eigenvalue weighted by atomic mass is 19.1. The highest BCUT2D eigenvalue weighted by Gasteiger charge is 2.23. The van der Waals surface area contributed by atoms with Crippen molar-refractivity contribution in [2.24, 2.45) is 5.92 Å². The van der Waals surface area contributed by atoms with Crippen molar-refractivity contribution in [3.63, 3.8) is 0 Å². The summed E-state index contributed by atoms with van der Waals surface area (Å²) in [5.41, 5.74) is 6.61. The second-order valence-electron chi connectivity index (χ2n) is 9.75. The van der Waals surface area contributed by atoms with E-state index in [-0.39, 0.29) is 17.6 Å². The van der Waals surface area contributed by atoms with Crippen molar-refractivity contribution in [1.29, 1.82) is 0 Å². The molecule has 6 aromatic rings. The Kier molecular flexibility index (Phi) is 5.58. The Morgan fingerprint density at radius 3 is 2.67 bits per heavy atom. The molecule has 0 bridgehead atoms. The SMILES string of the molecule is O=C(Nc1cncc(-c2ccc3[nH]nc(-c4nc5c(-c6cccc(F)c6)nccc5[nH]4)c3n2)c1)C1CCCC1. The number of halogens is 1. The minimum atomic E-state index is -0.339. The van der Waals surface area contributed by atoms with E-state index >= 15 is 0 Å². The summed E-state index contributed by atoms with van der Waals surface area (Å²) < 4.78 is 13.9. The summed E-state index contributed by atoms with van der Waals surface area (Å²) in [6.45, 7) is 0. The summed E-state index contributed by atoms with van der Waals surface area (Å²) >= 11 is 0. The number of hydrogen-bond donors (Lipinski definition) is 3. The van der Waals surface area contributed by atoms with Gasteiger partial charge in [0.15, 0.2) is 11.5 Å². The average Bonchev–Trinajstić information content (AvgIpc) is 3.72. The molecule has 192 valence electrons. The summed E-state index contributed by atoms with van der Waals surface area (Å²) in [5.74, 6) is 0.289. The molecule has 3 N–H and O–H groups in total. The van der Waals surface area contributed by atoms with Gasteiger partial charge in [-0.2, -0.15) is 5.10 Å². The zero-order valence-corrected chi connectivity index (χ0v) is 20.8. The summed E-state index contributed by atoms with van der Waals surface area (Å²) in [5, 5.41) is 10.5. The number of carbonyl (C=O) groups excluding carboxylic acids is 1. The van der Waals surface area contributed by atoms with Crippen LogP contribution < -0.4 is 5.32 Å². The molecule has 10 heteroatoms. The van der Waals surface area contributed by atoms with Gasteiger partial charge >= 0.3 is 0 Å². The summed E-state index contributed by atoms with van der Waals surface area (Å²) in [4.78, 5) is 34.3. The van der Waals surface area contributed by atoms with E-state index in [4.69, 9.17) is 9.97 Å². The zero-order chi connectivity index (χ0) is 26.3. The molecule has 1 saturated carbocycles. The van der Waals surface area contributed by atoms with E-state index in [1.165, 1.54) is 12.1 Å². The zero-order valence-electron chi connectivity index (χ0n) is 20.8. The van der Waals surface area contributed by atoms with Crippen LogP contribution in [-0.4, -0.2) is 41.0 Å². The van der Waals surface area contributed by atoms with Gasteiger partial charge in [-0.05, 0) is 49.2 Å². The van der Waals surface area contributed by atoms with Crippen LogP contribution in [0.5, 0.6) is 0 Å². The minimum Gasteiger partial charge on any atom is -0.336 e. The number of nitrogens with zero attached hydrogens (tertiary/aromatic N) is 5. The van der Waals surface area contributed by atoms with Crippen LogP contribution in [0.4, 0.5) is 10.1 Å². The van der Waals surface area contributed by atoms with Crippen LogP contribution in [0.3, 0.4) is 0 Å². The number of aromatic amines is 2. The predicted octanol–water partition coefficient (Wildman–Crippen LogP) is 5.89. The van der Waals surface area contributed by atoms with Crippen molar-refractivity contribution in [3.8, 4) is 34.0 Å². The number of nitrogens with one attached hydrogen (secondary N) is 3. The maximum absolute atomic E-state index is 13.9. The van der Waals surface area contributed by atoms with Crippen LogP contribution >= 0.6 is 0 Å². The predicted molar refractivity (Wildman–Crippen MR) is 146 cm³/mol. The second-order valence-corrected chi connectivity index (χ2v) is 9.75. The lowest BCUT2D eigenvalue weighted by atomic mass is 10.1. The number of carbonyl (C=O) groups is 1. The Bertz CT molecular complexity index is 1850. The summed E-state index contributed by atoms with van der Waals surface area (Å²) in [6.07, 6.45) is 9.09. The van der Waals surface area contributed by atoms with Gasteiger partial charge in [0, 0.05) is 29.4 Å². The van der Waals surface area contributed by atoms with Gasteiger partial charge in [0.2, 0.25) is 5.91 Å². The molecule has 5 aromatic heterocycles. The standard InChI is InChI=1S/C29H23FN8O/c30-19-7-3-6-17(12-19)24-25-22(10-11-32-24)35-28(36-25)27-26-23(37-38-27)9-8-21(34-26)18-13-20(15-31-14-18)33-29(39)16-4-1-2-5-16/h3,6-16H,1-2,4-5H2,(H,33,39)(H,35,36)(H,37,38). The van der Waals surface area contributed by atoms with Crippen LogP contribution in [-0.2, 0) is 4.79 Å². The topological polar surface area (TPSA) is 125 Å². The van der Waals surface area contributed by atoms with Crippen LogP contribution in [0.25, 0.3) is 56.1 Å². The van der Waals surface area contributed by atoms with Gasteiger partial charge in [0.05, 0.1) is 34.3 Å². The van der Waals surface area contributed by atoms with E-state index in [1.54, 1.807) is 30.7 Å². The lowest BCUT2D eigenvalue weighted by Crippen LogP contribution is -2.20. The van der Waals surface area contributed by atoms with E-state index in [1.807, 2.05) is 24.3 Å². The van der Waals surface area contributed by atoms with Crippen molar-refractivity contribution in [2.75, 3.05) is 5.32 Å². The fourth-order valence-corrected chi connectivity index (χ4v) is 5.20. The number of anilines is 1. The van der Waals surface area contributed by atoms with Crippen LogP contribution in [0.1, 0.15) is 25.7 Å². The minimum absolute atomic E-state index is 0.0453. The Balaban J connectivity index is 1.25. The first-order valence-electron chi connectivity index (χ1n) is 12.8. The van der Waals surface area contributed by atoms with Gasteiger partial charge in [-0.1, -0.05) is 25.0 Å². The Hall–Kier alpha value is -4.99. The lowest BCUT2D eigenvalue weighted by Gasteiger charge is -2.11. The van der Waals surface area contributed by atoms with Crippen molar-refractivity contribution >= 4 is 33.7 Å². The van der Waals surface area contributed by atoms with Crippen molar-refractivity contribution < 1.29 is 9.18 Å². The first-order valence-corrected chi connectivity index (χ1v) is 12.8. The number of amides is 1. The first-order chi connectivity index (χ1) is 19.1. The molecule has 39 heavy (non-hydrogen) atoms. The molecular weight excluding hydrogens is 495 g/mol. The van der Waals surface area contributed by atoms with Crippen LogP contribution in [0, 0.1) is 11.7 Å². The Labute approximate surface area is 222 Å². The molecule has 7 rings (SSSR count). The average molecular weight is 519 g/mol. The number of hydrogen-bond acceptors (Lipinski definition) is 6. The van der Waals surface area contributed by atoms with E-state index in [0.717, 1.165) is 42.3 Å². The molecule has 0 saturated heterocycles. The van der Waals surface area contributed by atoms with Gasteiger partial charge in [-0.3, -0.25) is 19.9 Å². The van der Waals surface area contributed by atoms with E-state index < -0.39 is 0 Å². The molecule has 1 aliphatic rings. The van der Waals surface area contributed by atoms with Gasteiger partial charge in [-0.15, -0.1) is 0 Å². The molecule has 1 aliphatic carbocycles. The van der Waals surface area contributed by atoms with Crippen molar-refractivity contribution in [2.45, 2.75) is 25.7 Å². The number of fused-ring (bicyclic) bond motifs is 2. The largest absolute Gasteiger partial charge is 0.336 e. The molecule has 1 amide bonds.